The first-order chi connectivity index (χ1) is 10.3. The summed E-state index contributed by atoms with van der Waals surface area (Å²) < 4.78 is 0. The van der Waals surface area contributed by atoms with Gasteiger partial charge in [0.05, 0.1) is 0 Å². The summed E-state index contributed by atoms with van der Waals surface area (Å²) in [4.78, 5) is 17.0. The van der Waals surface area contributed by atoms with Gasteiger partial charge in [-0.25, -0.2) is 0 Å². The van der Waals surface area contributed by atoms with Crippen LogP contribution in [0.4, 0.5) is 5.69 Å². The minimum absolute atomic E-state index is 0.252. The van der Waals surface area contributed by atoms with Crippen molar-refractivity contribution in [2.45, 2.75) is 45.1 Å². The number of benzene rings is 1. The van der Waals surface area contributed by atoms with E-state index < -0.39 is 0 Å². The molecule has 21 heavy (non-hydrogen) atoms. The van der Waals surface area contributed by atoms with Gasteiger partial charge < -0.3 is 9.80 Å². The fraction of sp³-hybridized carbons (Fsp3) is 0.611. The Morgan fingerprint density at radius 3 is 2.38 bits per heavy atom. The van der Waals surface area contributed by atoms with Crippen LogP contribution in [0.2, 0.25) is 0 Å². The van der Waals surface area contributed by atoms with Crippen molar-refractivity contribution in [3.63, 3.8) is 0 Å². The molecule has 1 aliphatic carbocycles. The Bertz CT molecular complexity index is 461. The van der Waals surface area contributed by atoms with Crippen molar-refractivity contribution in [3.05, 3.63) is 30.3 Å². The van der Waals surface area contributed by atoms with Crippen LogP contribution in [0.3, 0.4) is 0 Å². The van der Waals surface area contributed by atoms with Crippen LogP contribution in [-0.2, 0) is 4.79 Å². The van der Waals surface area contributed by atoms with Crippen molar-refractivity contribution in [3.8, 4) is 0 Å². The molecule has 1 saturated heterocycles. The Balaban J connectivity index is 1.65. The number of hydrogen-bond donors (Lipinski definition) is 0. The number of carbonyl (C=O) groups excluding carboxylic acids is 1. The maximum absolute atomic E-state index is 12.4. The van der Waals surface area contributed by atoms with Gasteiger partial charge in [-0.3, -0.25) is 4.79 Å². The number of nitrogens with zero attached hydrogens (tertiary/aromatic N) is 2. The van der Waals surface area contributed by atoms with E-state index in [9.17, 15) is 4.79 Å². The zero-order valence-corrected chi connectivity index (χ0v) is 13.0. The smallest absolute Gasteiger partial charge is 0.226 e. The van der Waals surface area contributed by atoms with Crippen LogP contribution < -0.4 is 4.90 Å². The number of para-hydroxylation sites is 1. The lowest BCUT2D eigenvalue weighted by atomic mass is 10.0. The first-order valence-corrected chi connectivity index (χ1v) is 8.37. The van der Waals surface area contributed by atoms with E-state index in [1.165, 1.54) is 19.4 Å². The minimum atomic E-state index is 0.252. The van der Waals surface area contributed by atoms with Crippen molar-refractivity contribution < 1.29 is 4.79 Å². The Hall–Kier alpha value is -1.35. The minimum Gasteiger partial charge on any atom is -0.309 e. The molecule has 2 fully saturated rings. The summed E-state index contributed by atoms with van der Waals surface area (Å²) in [6.45, 7) is 5.52. The zero-order chi connectivity index (χ0) is 14.7. The molecule has 3 heteroatoms. The standard InChI is InChI=1S/C18H26N2O/c1-2-18(21)20(16-6-4-3-5-7-16)17-10-12-19(13-11-17)14-15-8-9-15/h3-7,15,17H,2,8-14H2,1H3. The molecule has 0 aromatic heterocycles. The van der Waals surface area contributed by atoms with E-state index in [-0.39, 0.29) is 5.91 Å². The average molecular weight is 286 g/mol. The highest BCUT2D eigenvalue weighted by Gasteiger charge is 2.31. The molecule has 0 atom stereocenters. The highest BCUT2D eigenvalue weighted by molar-refractivity contribution is 5.93. The lowest BCUT2D eigenvalue weighted by Gasteiger charge is -2.38. The second kappa shape index (κ2) is 6.61. The number of anilines is 1. The van der Waals surface area contributed by atoms with Gasteiger partial charge in [-0.1, -0.05) is 25.1 Å². The van der Waals surface area contributed by atoms with Gasteiger partial charge >= 0.3 is 0 Å². The predicted octanol–water partition coefficient (Wildman–Crippen LogP) is 3.30. The number of hydrogen-bond acceptors (Lipinski definition) is 2. The largest absolute Gasteiger partial charge is 0.309 e. The lowest BCUT2D eigenvalue weighted by Crippen LogP contribution is -2.47. The van der Waals surface area contributed by atoms with Crippen LogP contribution in [0, 0.1) is 5.92 Å². The number of piperidine rings is 1. The maximum atomic E-state index is 12.4. The van der Waals surface area contributed by atoms with E-state index >= 15 is 0 Å². The van der Waals surface area contributed by atoms with E-state index in [0.717, 1.165) is 37.5 Å². The van der Waals surface area contributed by atoms with Crippen molar-refractivity contribution in [1.29, 1.82) is 0 Å². The molecular formula is C18H26N2O. The summed E-state index contributed by atoms with van der Waals surface area (Å²) in [6.07, 6.45) is 5.63. The van der Waals surface area contributed by atoms with Crippen molar-refractivity contribution in [2.75, 3.05) is 24.5 Å². The first-order valence-electron chi connectivity index (χ1n) is 8.37. The van der Waals surface area contributed by atoms with E-state index in [4.69, 9.17) is 0 Å². The Morgan fingerprint density at radius 2 is 1.81 bits per heavy atom. The molecule has 0 spiro atoms. The predicted molar refractivity (Wildman–Crippen MR) is 86.4 cm³/mol. The Labute approximate surface area is 127 Å². The van der Waals surface area contributed by atoms with E-state index in [0.29, 0.717) is 12.5 Å². The molecule has 1 aliphatic heterocycles. The number of likely N-dealkylation sites (tertiary alicyclic amines) is 1. The Kier molecular flexibility index (Phi) is 4.59. The topological polar surface area (TPSA) is 23.6 Å². The van der Waals surface area contributed by atoms with Gasteiger partial charge in [0.2, 0.25) is 5.91 Å². The molecule has 0 unspecified atom stereocenters. The van der Waals surface area contributed by atoms with Gasteiger partial charge in [-0.05, 0) is 43.7 Å². The zero-order valence-electron chi connectivity index (χ0n) is 13.0. The second-order valence-electron chi connectivity index (χ2n) is 6.43. The van der Waals surface area contributed by atoms with Gasteiger partial charge in [0.1, 0.15) is 0 Å². The van der Waals surface area contributed by atoms with Crippen LogP contribution in [-0.4, -0.2) is 36.5 Å². The number of amides is 1. The molecule has 0 radical (unpaired) electrons. The molecule has 2 aliphatic rings. The Morgan fingerprint density at radius 1 is 1.14 bits per heavy atom. The summed E-state index contributed by atoms with van der Waals surface area (Å²) in [5, 5.41) is 0. The monoisotopic (exact) mass is 286 g/mol. The van der Waals surface area contributed by atoms with Gasteiger partial charge in [0, 0.05) is 37.8 Å². The molecule has 1 aromatic carbocycles. The summed E-state index contributed by atoms with van der Waals surface area (Å²) in [7, 11) is 0. The summed E-state index contributed by atoms with van der Waals surface area (Å²) >= 11 is 0. The summed E-state index contributed by atoms with van der Waals surface area (Å²) in [6, 6.07) is 10.5. The maximum Gasteiger partial charge on any atom is 0.226 e. The van der Waals surface area contributed by atoms with Crippen molar-refractivity contribution in [2.24, 2.45) is 5.92 Å². The molecule has 0 N–H and O–H groups in total. The van der Waals surface area contributed by atoms with Gasteiger partial charge in [-0.15, -0.1) is 0 Å². The van der Waals surface area contributed by atoms with E-state index in [1.807, 2.05) is 25.1 Å². The molecule has 1 saturated carbocycles. The van der Waals surface area contributed by atoms with Crippen molar-refractivity contribution in [1.82, 2.24) is 4.90 Å². The normalized spacial score (nSPS) is 20.4. The third-order valence-corrected chi connectivity index (χ3v) is 4.74. The number of carbonyl (C=O) groups is 1. The summed E-state index contributed by atoms with van der Waals surface area (Å²) in [5.74, 6) is 1.21. The highest BCUT2D eigenvalue weighted by atomic mass is 16.2. The quantitative estimate of drug-likeness (QED) is 0.829. The van der Waals surface area contributed by atoms with Crippen LogP contribution in [0.5, 0.6) is 0 Å². The third-order valence-electron chi connectivity index (χ3n) is 4.74. The van der Waals surface area contributed by atoms with Gasteiger partial charge in [0.15, 0.2) is 0 Å². The van der Waals surface area contributed by atoms with Crippen LogP contribution in [0.1, 0.15) is 39.0 Å². The SMILES string of the molecule is CCC(=O)N(c1ccccc1)C1CCN(CC2CC2)CC1. The van der Waals surface area contributed by atoms with Crippen LogP contribution >= 0.6 is 0 Å². The molecule has 1 aromatic rings. The molecule has 1 heterocycles. The van der Waals surface area contributed by atoms with Gasteiger partial charge in [-0.2, -0.15) is 0 Å². The van der Waals surface area contributed by atoms with Gasteiger partial charge in [0.25, 0.3) is 0 Å². The third kappa shape index (κ3) is 3.65. The number of rotatable bonds is 5. The summed E-state index contributed by atoms with van der Waals surface area (Å²) in [5.41, 5.74) is 1.06. The van der Waals surface area contributed by atoms with E-state index in [1.54, 1.807) is 0 Å². The van der Waals surface area contributed by atoms with E-state index in [2.05, 4.69) is 21.9 Å². The fourth-order valence-corrected chi connectivity index (χ4v) is 3.34. The lowest BCUT2D eigenvalue weighted by molar-refractivity contribution is -0.119. The molecule has 1 amide bonds. The fourth-order valence-electron chi connectivity index (χ4n) is 3.34. The van der Waals surface area contributed by atoms with Crippen LogP contribution in [0.25, 0.3) is 0 Å². The molecule has 3 rings (SSSR count). The second-order valence-corrected chi connectivity index (χ2v) is 6.43. The molecule has 114 valence electrons. The molecule has 3 nitrogen and oxygen atoms in total. The van der Waals surface area contributed by atoms with Crippen LogP contribution in [0.15, 0.2) is 30.3 Å². The average Bonchev–Trinajstić information content (AvgIpc) is 3.34. The highest BCUT2D eigenvalue weighted by Crippen LogP contribution is 2.31. The molecular weight excluding hydrogens is 260 g/mol. The van der Waals surface area contributed by atoms with Crippen molar-refractivity contribution >= 4 is 11.6 Å². The molecule has 0 bridgehead atoms. The first kappa shape index (κ1) is 14.6.